The number of hydrazine groups is 1. The number of rotatable bonds is 2. The van der Waals surface area contributed by atoms with Crippen molar-refractivity contribution in [1.29, 1.82) is 0 Å². The van der Waals surface area contributed by atoms with E-state index in [0.29, 0.717) is 0 Å². The number of halogens is 1. The molecule has 2 saturated carbocycles. The highest BCUT2D eigenvalue weighted by Crippen LogP contribution is 2.56. The summed E-state index contributed by atoms with van der Waals surface area (Å²) < 4.78 is 0. The van der Waals surface area contributed by atoms with Gasteiger partial charge in [0.1, 0.15) is 6.04 Å². The van der Waals surface area contributed by atoms with Crippen molar-refractivity contribution < 1.29 is 5.03 Å². The molecule has 4 nitrogen and oxygen atoms in total. The predicted molar refractivity (Wildman–Crippen MR) is 62.9 cm³/mol. The minimum atomic E-state index is -0.435. The molecular formula is C11H19ClN2O2. The predicted octanol–water partition coefficient (Wildman–Crippen LogP) is 2.88. The van der Waals surface area contributed by atoms with E-state index in [4.69, 9.17) is 11.6 Å². The summed E-state index contributed by atoms with van der Waals surface area (Å²) in [6.07, 6.45) is 7.26. The standard InChI is InChI=1S/C11H19ClN2O2/c1-10-6-2-3-8-11(10,12)9(5-4-7-10)13-14(15)16/h9,13H,2-8H2,1H3/t9?,10-,11+/m0/s1. The summed E-state index contributed by atoms with van der Waals surface area (Å²) >= 11 is 6.76. The van der Waals surface area contributed by atoms with Crippen molar-refractivity contribution in [2.24, 2.45) is 5.41 Å². The van der Waals surface area contributed by atoms with Crippen molar-refractivity contribution >= 4 is 11.6 Å². The van der Waals surface area contributed by atoms with E-state index in [1.54, 1.807) is 0 Å². The Morgan fingerprint density at radius 1 is 1.31 bits per heavy atom. The first kappa shape index (κ1) is 12.0. The van der Waals surface area contributed by atoms with E-state index in [-0.39, 0.29) is 11.5 Å². The Hall–Kier alpha value is -0.510. The van der Waals surface area contributed by atoms with Gasteiger partial charge in [-0.1, -0.05) is 26.2 Å². The number of hydrogen-bond acceptors (Lipinski definition) is 2. The fourth-order valence-electron chi connectivity index (χ4n) is 3.55. The van der Waals surface area contributed by atoms with E-state index in [1.165, 1.54) is 6.42 Å². The number of hydrogen-bond donors (Lipinski definition) is 1. The van der Waals surface area contributed by atoms with Crippen LogP contribution in [0.15, 0.2) is 0 Å². The van der Waals surface area contributed by atoms with Gasteiger partial charge in [-0.25, -0.2) is 10.1 Å². The molecule has 2 aliphatic rings. The van der Waals surface area contributed by atoms with Crippen LogP contribution in [0.25, 0.3) is 0 Å². The second-order valence-corrected chi connectivity index (χ2v) is 6.14. The fourth-order valence-corrected chi connectivity index (χ4v) is 4.03. The smallest absolute Gasteiger partial charge is 0.157 e. The molecule has 0 saturated heterocycles. The molecule has 1 N–H and O–H groups in total. The highest BCUT2D eigenvalue weighted by Gasteiger charge is 2.56. The number of nitrogens with one attached hydrogen (secondary N) is 1. The Morgan fingerprint density at radius 2 is 1.94 bits per heavy atom. The van der Waals surface area contributed by atoms with Crippen LogP contribution in [0.5, 0.6) is 0 Å². The Morgan fingerprint density at radius 3 is 2.62 bits per heavy atom. The van der Waals surface area contributed by atoms with Crippen LogP contribution in [0, 0.1) is 15.5 Å². The normalized spacial score (nSPS) is 43.5. The van der Waals surface area contributed by atoms with E-state index >= 15 is 0 Å². The lowest BCUT2D eigenvalue weighted by Crippen LogP contribution is -2.61. The molecule has 0 spiro atoms. The molecule has 2 fully saturated rings. The molecule has 3 atom stereocenters. The second-order valence-electron chi connectivity index (χ2n) is 5.46. The van der Waals surface area contributed by atoms with Gasteiger partial charge < -0.3 is 0 Å². The van der Waals surface area contributed by atoms with Crippen molar-refractivity contribution in [2.75, 3.05) is 0 Å². The summed E-state index contributed by atoms with van der Waals surface area (Å²) in [6.45, 7) is 2.20. The van der Waals surface area contributed by atoms with Gasteiger partial charge in [-0.05, 0) is 31.1 Å². The highest BCUT2D eigenvalue weighted by atomic mass is 35.5. The van der Waals surface area contributed by atoms with Crippen LogP contribution in [0.4, 0.5) is 0 Å². The Labute approximate surface area is 101 Å². The van der Waals surface area contributed by atoms with Crippen molar-refractivity contribution in [3.05, 3.63) is 10.1 Å². The van der Waals surface area contributed by atoms with Gasteiger partial charge in [-0.3, -0.25) is 0 Å². The SMILES string of the molecule is C[C@@]12CCCC[C@@]1(Cl)C(N[N+](=O)[O-])CCC2. The second kappa shape index (κ2) is 4.06. The van der Waals surface area contributed by atoms with Crippen LogP contribution in [0.3, 0.4) is 0 Å². The fraction of sp³-hybridized carbons (Fsp3) is 1.00. The summed E-state index contributed by atoms with van der Waals surface area (Å²) in [7, 11) is 0. The lowest BCUT2D eigenvalue weighted by molar-refractivity contribution is -0.553. The zero-order valence-corrected chi connectivity index (χ0v) is 10.4. The summed E-state index contributed by atoms with van der Waals surface area (Å²) in [4.78, 5) is 10.2. The highest BCUT2D eigenvalue weighted by molar-refractivity contribution is 6.25. The van der Waals surface area contributed by atoms with Crippen molar-refractivity contribution in [3.63, 3.8) is 0 Å². The van der Waals surface area contributed by atoms with Crippen LogP contribution < -0.4 is 5.43 Å². The average molecular weight is 247 g/mol. The van der Waals surface area contributed by atoms with E-state index < -0.39 is 9.91 Å². The largest absolute Gasteiger partial charge is 0.235 e. The molecule has 92 valence electrons. The molecule has 0 aromatic carbocycles. The average Bonchev–Trinajstić information content (AvgIpc) is 2.20. The van der Waals surface area contributed by atoms with Crippen LogP contribution in [0.1, 0.15) is 51.9 Å². The summed E-state index contributed by atoms with van der Waals surface area (Å²) in [5, 5.41) is 10.2. The molecule has 1 unspecified atom stereocenters. The summed E-state index contributed by atoms with van der Waals surface area (Å²) in [5.41, 5.74) is 2.51. The zero-order chi connectivity index (χ0) is 11.8. The topological polar surface area (TPSA) is 55.2 Å². The molecule has 0 radical (unpaired) electrons. The van der Waals surface area contributed by atoms with E-state index in [0.717, 1.165) is 38.5 Å². The molecule has 0 heterocycles. The van der Waals surface area contributed by atoms with Gasteiger partial charge in [0, 0.05) is 0 Å². The maximum absolute atomic E-state index is 10.6. The third kappa shape index (κ3) is 1.77. The maximum Gasteiger partial charge on any atom is 0.157 e. The van der Waals surface area contributed by atoms with Crippen molar-refractivity contribution in [3.8, 4) is 0 Å². The van der Waals surface area contributed by atoms with Gasteiger partial charge in [0.25, 0.3) is 0 Å². The van der Waals surface area contributed by atoms with Crippen molar-refractivity contribution in [2.45, 2.75) is 62.8 Å². The lowest BCUT2D eigenvalue weighted by atomic mass is 9.58. The minimum absolute atomic E-state index is 0.0682. The molecule has 0 aromatic heterocycles. The molecule has 0 amide bonds. The number of fused-ring (bicyclic) bond motifs is 1. The summed E-state index contributed by atoms with van der Waals surface area (Å²) in [5.74, 6) is 0. The lowest BCUT2D eigenvalue weighted by Gasteiger charge is -2.54. The Bertz CT molecular complexity index is 296. The Balaban J connectivity index is 2.22. The molecule has 0 bridgehead atoms. The molecule has 16 heavy (non-hydrogen) atoms. The van der Waals surface area contributed by atoms with Gasteiger partial charge >= 0.3 is 0 Å². The Kier molecular flexibility index (Phi) is 3.03. The zero-order valence-electron chi connectivity index (χ0n) is 9.67. The van der Waals surface area contributed by atoms with Crippen LogP contribution in [-0.4, -0.2) is 15.9 Å². The maximum atomic E-state index is 10.6. The van der Waals surface area contributed by atoms with Gasteiger partial charge in [-0.15, -0.1) is 17.0 Å². The molecule has 5 heteroatoms. The third-order valence-electron chi connectivity index (χ3n) is 4.56. The molecule has 2 aliphatic carbocycles. The van der Waals surface area contributed by atoms with Crippen LogP contribution >= 0.6 is 11.6 Å². The molecule has 0 aliphatic heterocycles. The van der Waals surface area contributed by atoms with Gasteiger partial charge in [0.2, 0.25) is 0 Å². The number of nitro groups is 1. The first-order chi connectivity index (χ1) is 7.48. The summed E-state index contributed by atoms with van der Waals surface area (Å²) in [6, 6.07) is -0.178. The number of nitrogens with zero attached hydrogens (tertiary/aromatic N) is 1. The molecular weight excluding hydrogens is 228 g/mol. The molecule has 2 rings (SSSR count). The van der Waals surface area contributed by atoms with Crippen LogP contribution in [-0.2, 0) is 0 Å². The first-order valence-electron chi connectivity index (χ1n) is 6.07. The quantitative estimate of drug-likeness (QED) is 0.463. The van der Waals surface area contributed by atoms with Gasteiger partial charge in [-0.2, -0.15) is 0 Å². The first-order valence-corrected chi connectivity index (χ1v) is 6.45. The monoisotopic (exact) mass is 246 g/mol. The minimum Gasteiger partial charge on any atom is -0.235 e. The third-order valence-corrected chi connectivity index (χ3v) is 5.47. The van der Waals surface area contributed by atoms with Gasteiger partial charge in [0.05, 0.1) is 4.87 Å². The molecule has 0 aromatic rings. The number of alkyl halides is 1. The van der Waals surface area contributed by atoms with Gasteiger partial charge in [0.15, 0.2) is 5.03 Å². The van der Waals surface area contributed by atoms with E-state index in [9.17, 15) is 10.1 Å². The van der Waals surface area contributed by atoms with E-state index in [1.807, 2.05) is 0 Å². The van der Waals surface area contributed by atoms with E-state index in [2.05, 4.69) is 12.3 Å². The van der Waals surface area contributed by atoms with Crippen LogP contribution in [0.2, 0.25) is 0 Å². The van der Waals surface area contributed by atoms with Crippen molar-refractivity contribution in [1.82, 2.24) is 5.43 Å².